The molecule has 10 heteroatoms. The Morgan fingerprint density at radius 2 is 1.90 bits per heavy atom. The van der Waals surface area contributed by atoms with Gasteiger partial charge in [0.05, 0.1) is 21.3 Å². The van der Waals surface area contributed by atoms with Crippen molar-refractivity contribution in [2.45, 2.75) is 19.6 Å². The van der Waals surface area contributed by atoms with Crippen LogP contribution in [0.15, 0.2) is 47.0 Å². The van der Waals surface area contributed by atoms with Gasteiger partial charge in [0.2, 0.25) is 5.88 Å². The summed E-state index contributed by atoms with van der Waals surface area (Å²) in [6, 6.07) is 9.37. The normalized spacial score (nSPS) is 11.4. The zero-order valence-corrected chi connectivity index (χ0v) is 16.4. The van der Waals surface area contributed by atoms with Gasteiger partial charge in [0.1, 0.15) is 5.56 Å². The lowest BCUT2D eigenvalue weighted by Gasteiger charge is -2.10. The Morgan fingerprint density at radius 1 is 1.14 bits per heavy atom. The van der Waals surface area contributed by atoms with Crippen molar-refractivity contribution in [3.05, 3.63) is 74.9 Å². The first kappa shape index (κ1) is 21.0. The minimum atomic E-state index is -4.51. The number of aryl methyl sites for hydroxylation is 1. The summed E-state index contributed by atoms with van der Waals surface area (Å²) in [4.78, 5) is 12.6. The van der Waals surface area contributed by atoms with Crippen LogP contribution in [0, 0.1) is 6.92 Å². The number of alkyl halides is 3. The lowest BCUT2D eigenvalue weighted by Crippen LogP contribution is -2.15. The Kier molecular flexibility index (Phi) is 6.04. The summed E-state index contributed by atoms with van der Waals surface area (Å²) in [7, 11) is 0. The number of hydrogen-bond donors (Lipinski definition) is 2. The second-order valence-corrected chi connectivity index (χ2v) is 6.92. The van der Waals surface area contributed by atoms with Crippen LogP contribution >= 0.6 is 23.2 Å². The van der Waals surface area contributed by atoms with E-state index in [1.165, 1.54) is 12.1 Å². The molecule has 152 valence electrons. The molecular formula is C19H14Cl2F3N3O2. The average molecular weight is 444 g/mol. The average Bonchev–Trinajstić information content (AvgIpc) is 3.03. The molecule has 0 aliphatic rings. The summed E-state index contributed by atoms with van der Waals surface area (Å²) in [6.07, 6.45) is -4.51. The van der Waals surface area contributed by atoms with E-state index < -0.39 is 17.6 Å². The Bertz CT molecular complexity index is 1050. The second-order valence-electron chi connectivity index (χ2n) is 6.11. The summed E-state index contributed by atoms with van der Waals surface area (Å²) in [6.45, 7) is 1.81. The van der Waals surface area contributed by atoms with Crippen LogP contribution in [0.2, 0.25) is 10.0 Å². The van der Waals surface area contributed by atoms with Crippen molar-refractivity contribution in [1.82, 2.24) is 5.16 Å². The van der Waals surface area contributed by atoms with Gasteiger partial charge in [-0.05, 0) is 42.8 Å². The van der Waals surface area contributed by atoms with E-state index in [2.05, 4.69) is 15.8 Å². The maximum atomic E-state index is 12.9. The molecule has 1 aromatic heterocycles. The summed E-state index contributed by atoms with van der Waals surface area (Å²) < 4.78 is 43.7. The molecule has 0 fully saturated rings. The van der Waals surface area contributed by atoms with E-state index in [1.54, 1.807) is 25.1 Å². The topological polar surface area (TPSA) is 67.2 Å². The number of nitrogens with zero attached hydrogens (tertiary/aromatic N) is 1. The number of rotatable bonds is 5. The van der Waals surface area contributed by atoms with E-state index in [-0.39, 0.29) is 29.4 Å². The van der Waals surface area contributed by atoms with Gasteiger partial charge in [0.15, 0.2) is 0 Å². The van der Waals surface area contributed by atoms with Crippen LogP contribution in [-0.4, -0.2) is 11.1 Å². The first-order valence-corrected chi connectivity index (χ1v) is 9.03. The fourth-order valence-electron chi connectivity index (χ4n) is 2.56. The van der Waals surface area contributed by atoms with Crippen molar-refractivity contribution in [2.24, 2.45) is 0 Å². The molecule has 0 unspecified atom stereocenters. The maximum absolute atomic E-state index is 12.9. The summed E-state index contributed by atoms with van der Waals surface area (Å²) >= 11 is 11.9. The third-order valence-electron chi connectivity index (χ3n) is 3.97. The lowest BCUT2D eigenvalue weighted by molar-refractivity contribution is -0.137. The Balaban J connectivity index is 1.76. The summed E-state index contributed by atoms with van der Waals surface area (Å²) in [5.74, 6) is -0.572. The molecule has 2 N–H and O–H groups in total. The standard InChI is InChI=1S/C19H14Cl2F3N3O2/c1-10-16(17(28)26-13-4-2-3-12(8-13)19(22,23)24)18(29-27-10)25-9-11-5-6-14(20)15(21)7-11/h2-8,25H,9H2,1H3,(H,26,28). The fourth-order valence-corrected chi connectivity index (χ4v) is 2.88. The van der Waals surface area contributed by atoms with Crippen LogP contribution in [0.4, 0.5) is 24.7 Å². The molecule has 2 aromatic carbocycles. The highest BCUT2D eigenvalue weighted by Gasteiger charge is 2.30. The molecule has 0 saturated heterocycles. The molecule has 29 heavy (non-hydrogen) atoms. The number of nitrogens with one attached hydrogen (secondary N) is 2. The van der Waals surface area contributed by atoms with Gasteiger partial charge in [0, 0.05) is 12.2 Å². The number of amides is 1. The highest BCUT2D eigenvalue weighted by Crippen LogP contribution is 2.31. The van der Waals surface area contributed by atoms with Crippen molar-refractivity contribution in [1.29, 1.82) is 0 Å². The maximum Gasteiger partial charge on any atom is 0.416 e. The molecule has 0 aliphatic heterocycles. The van der Waals surface area contributed by atoms with E-state index in [1.807, 2.05) is 0 Å². The number of carbonyl (C=O) groups is 1. The highest BCUT2D eigenvalue weighted by atomic mass is 35.5. The molecule has 0 saturated carbocycles. The Labute approximate surface area is 173 Å². The van der Waals surface area contributed by atoms with Gasteiger partial charge in [0.25, 0.3) is 5.91 Å². The Hall–Kier alpha value is -2.71. The molecule has 3 aromatic rings. The monoisotopic (exact) mass is 443 g/mol. The minimum Gasteiger partial charge on any atom is -0.349 e. The molecule has 0 atom stereocenters. The van der Waals surface area contributed by atoms with E-state index in [9.17, 15) is 18.0 Å². The van der Waals surface area contributed by atoms with Crippen molar-refractivity contribution >= 4 is 40.7 Å². The Morgan fingerprint density at radius 3 is 2.59 bits per heavy atom. The predicted octanol–water partition coefficient (Wildman–Crippen LogP) is 6.17. The molecule has 0 spiro atoms. The number of halogens is 5. The van der Waals surface area contributed by atoms with Gasteiger partial charge in [-0.15, -0.1) is 0 Å². The van der Waals surface area contributed by atoms with Crippen molar-refractivity contribution in [2.75, 3.05) is 10.6 Å². The van der Waals surface area contributed by atoms with E-state index in [0.717, 1.165) is 17.7 Å². The minimum absolute atomic E-state index is 0.000795. The van der Waals surface area contributed by atoms with Gasteiger partial charge in [-0.2, -0.15) is 13.2 Å². The molecule has 5 nitrogen and oxygen atoms in total. The molecule has 1 amide bonds. The lowest BCUT2D eigenvalue weighted by atomic mass is 10.1. The molecule has 1 heterocycles. The van der Waals surface area contributed by atoms with Crippen molar-refractivity contribution < 1.29 is 22.5 Å². The van der Waals surface area contributed by atoms with Crippen LogP contribution in [0.3, 0.4) is 0 Å². The number of hydrogen-bond acceptors (Lipinski definition) is 4. The number of aromatic nitrogens is 1. The molecule has 0 radical (unpaired) electrons. The number of benzene rings is 2. The van der Waals surface area contributed by atoms with Crippen LogP contribution in [0.25, 0.3) is 0 Å². The molecular weight excluding hydrogens is 430 g/mol. The van der Waals surface area contributed by atoms with Gasteiger partial charge >= 0.3 is 6.18 Å². The number of anilines is 2. The third kappa shape index (κ3) is 5.02. The third-order valence-corrected chi connectivity index (χ3v) is 4.71. The first-order chi connectivity index (χ1) is 13.6. The fraction of sp³-hybridized carbons (Fsp3) is 0.158. The van der Waals surface area contributed by atoms with Crippen LogP contribution in [0.5, 0.6) is 0 Å². The van der Waals surface area contributed by atoms with Crippen LogP contribution < -0.4 is 10.6 Å². The molecule has 0 bridgehead atoms. The van der Waals surface area contributed by atoms with Crippen LogP contribution in [-0.2, 0) is 12.7 Å². The summed E-state index contributed by atoms with van der Waals surface area (Å²) in [5.41, 5.74) is 0.280. The summed E-state index contributed by atoms with van der Waals surface area (Å²) in [5, 5.41) is 9.90. The molecule has 0 aliphatic carbocycles. The van der Waals surface area contributed by atoms with Gasteiger partial charge < -0.3 is 15.2 Å². The highest BCUT2D eigenvalue weighted by molar-refractivity contribution is 6.42. The van der Waals surface area contributed by atoms with Crippen molar-refractivity contribution in [3.8, 4) is 0 Å². The zero-order chi connectivity index (χ0) is 21.2. The van der Waals surface area contributed by atoms with E-state index >= 15 is 0 Å². The second kappa shape index (κ2) is 8.34. The van der Waals surface area contributed by atoms with Gasteiger partial charge in [-0.25, -0.2) is 0 Å². The van der Waals surface area contributed by atoms with E-state index in [0.29, 0.717) is 10.0 Å². The van der Waals surface area contributed by atoms with Crippen molar-refractivity contribution in [3.63, 3.8) is 0 Å². The van der Waals surface area contributed by atoms with E-state index in [4.69, 9.17) is 27.7 Å². The predicted molar refractivity (Wildman–Crippen MR) is 104 cm³/mol. The number of carbonyl (C=O) groups excluding carboxylic acids is 1. The SMILES string of the molecule is Cc1noc(NCc2ccc(Cl)c(Cl)c2)c1C(=O)Nc1cccc(C(F)(F)F)c1. The van der Waals surface area contributed by atoms with Crippen LogP contribution in [0.1, 0.15) is 27.2 Å². The largest absolute Gasteiger partial charge is 0.416 e. The zero-order valence-electron chi connectivity index (χ0n) is 14.9. The van der Waals surface area contributed by atoms with Gasteiger partial charge in [-0.3, -0.25) is 4.79 Å². The molecule has 3 rings (SSSR count). The first-order valence-electron chi connectivity index (χ1n) is 8.28. The quantitative estimate of drug-likeness (QED) is 0.494. The smallest absolute Gasteiger partial charge is 0.349 e. The van der Waals surface area contributed by atoms with Gasteiger partial charge in [-0.1, -0.05) is 40.5 Å².